The maximum atomic E-state index is 4.75. The van der Waals surface area contributed by atoms with E-state index in [2.05, 4.69) is 37.9 Å². The van der Waals surface area contributed by atoms with Crippen LogP contribution >= 0.6 is 11.3 Å². The summed E-state index contributed by atoms with van der Waals surface area (Å²) < 4.78 is 0. The van der Waals surface area contributed by atoms with Gasteiger partial charge in [0.15, 0.2) is 5.13 Å². The number of hydrogen-bond acceptors (Lipinski definition) is 4. The summed E-state index contributed by atoms with van der Waals surface area (Å²) in [6.07, 6.45) is 2.68. The third-order valence-corrected chi connectivity index (χ3v) is 4.49. The van der Waals surface area contributed by atoms with Gasteiger partial charge in [-0.1, -0.05) is 13.8 Å². The first-order chi connectivity index (χ1) is 8.61. The number of hydrogen-bond donors (Lipinski definition) is 1. The van der Waals surface area contributed by atoms with Crippen molar-refractivity contribution >= 4 is 16.5 Å². The van der Waals surface area contributed by atoms with Gasteiger partial charge in [0.1, 0.15) is 0 Å². The molecule has 1 aromatic rings. The molecule has 3 nitrogen and oxygen atoms in total. The summed E-state index contributed by atoms with van der Waals surface area (Å²) >= 11 is 1.86. The van der Waals surface area contributed by atoms with Gasteiger partial charge >= 0.3 is 0 Å². The molecule has 4 heteroatoms. The zero-order valence-corrected chi connectivity index (χ0v) is 12.8. The lowest BCUT2D eigenvalue weighted by Gasteiger charge is -2.18. The first-order valence-corrected chi connectivity index (χ1v) is 7.87. The van der Waals surface area contributed by atoms with Gasteiger partial charge in [-0.05, 0) is 39.2 Å². The lowest BCUT2D eigenvalue weighted by Crippen LogP contribution is -2.24. The Hall–Kier alpha value is -0.610. The maximum Gasteiger partial charge on any atom is 0.186 e. The molecule has 0 atom stereocenters. The van der Waals surface area contributed by atoms with E-state index >= 15 is 0 Å². The van der Waals surface area contributed by atoms with Crippen molar-refractivity contribution < 1.29 is 0 Å². The van der Waals surface area contributed by atoms with E-state index in [1.165, 1.54) is 28.5 Å². The number of aromatic nitrogens is 1. The van der Waals surface area contributed by atoms with Crippen molar-refractivity contribution in [3.8, 4) is 0 Å². The summed E-state index contributed by atoms with van der Waals surface area (Å²) in [6, 6.07) is 0.761. The summed E-state index contributed by atoms with van der Waals surface area (Å²) in [5.74, 6) is 0.705. The highest BCUT2D eigenvalue weighted by Crippen LogP contribution is 2.34. The first-order valence-electron chi connectivity index (χ1n) is 7.05. The van der Waals surface area contributed by atoms with E-state index in [9.17, 15) is 0 Å². The largest absolute Gasteiger partial charge is 0.345 e. The fraction of sp³-hybridized carbons (Fsp3) is 0.786. The van der Waals surface area contributed by atoms with Crippen molar-refractivity contribution in [1.29, 1.82) is 0 Å². The molecule has 0 saturated heterocycles. The van der Waals surface area contributed by atoms with Crippen molar-refractivity contribution in [2.24, 2.45) is 5.92 Å². The third kappa shape index (κ3) is 3.45. The monoisotopic (exact) mass is 267 g/mol. The summed E-state index contributed by atoms with van der Waals surface area (Å²) in [4.78, 5) is 8.60. The molecule has 18 heavy (non-hydrogen) atoms. The summed E-state index contributed by atoms with van der Waals surface area (Å²) in [5.41, 5.74) is 1.20. The van der Waals surface area contributed by atoms with Gasteiger partial charge in [0.05, 0.1) is 5.69 Å². The lowest BCUT2D eigenvalue weighted by atomic mass is 10.2. The summed E-state index contributed by atoms with van der Waals surface area (Å²) in [7, 11) is 0. The van der Waals surface area contributed by atoms with Gasteiger partial charge in [0, 0.05) is 24.0 Å². The van der Waals surface area contributed by atoms with Crippen LogP contribution in [0.4, 0.5) is 5.13 Å². The standard InChI is InChI=1S/C14H25N3S/c1-5-17(12-6-7-12)14-16-11(4)13(18-14)9-15-8-10(2)3/h10,12,15H,5-9H2,1-4H3. The van der Waals surface area contributed by atoms with E-state index in [-0.39, 0.29) is 0 Å². The molecular weight excluding hydrogens is 242 g/mol. The average Bonchev–Trinajstić information content (AvgIpc) is 3.06. The van der Waals surface area contributed by atoms with E-state index in [0.717, 1.165) is 25.7 Å². The number of nitrogens with one attached hydrogen (secondary N) is 1. The molecular formula is C14H25N3S. The van der Waals surface area contributed by atoms with Crippen LogP contribution in [0.3, 0.4) is 0 Å². The molecule has 0 unspecified atom stereocenters. The van der Waals surface area contributed by atoms with Gasteiger partial charge < -0.3 is 10.2 Å². The molecule has 1 aromatic heterocycles. The molecule has 1 heterocycles. The highest BCUT2D eigenvalue weighted by molar-refractivity contribution is 7.15. The van der Waals surface area contributed by atoms with Crippen LogP contribution in [0.2, 0.25) is 0 Å². The number of aryl methyl sites for hydroxylation is 1. The third-order valence-electron chi connectivity index (χ3n) is 3.29. The molecule has 0 radical (unpaired) electrons. The minimum atomic E-state index is 0.705. The maximum absolute atomic E-state index is 4.75. The van der Waals surface area contributed by atoms with Gasteiger partial charge in [-0.25, -0.2) is 4.98 Å². The minimum absolute atomic E-state index is 0.705. The van der Waals surface area contributed by atoms with Crippen molar-refractivity contribution in [2.75, 3.05) is 18.0 Å². The van der Waals surface area contributed by atoms with Crippen molar-refractivity contribution in [2.45, 2.75) is 53.1 Å². The molecule has 0 aliphatic heterocycles. The smallest absolute Gasteiger partial charge is 0.186 e. The number of thiazole rings is 1. The first kappa shape index (κ1) is 13.8. The Morgan fingerprint density at radius 3 is 2.72 bits per heavy atom. The summed E-state index contributed by atoms with van der Waals surface area (Å²) in [6.45, 7) is 12.0. The Labute approximate surface area is 115 Å². The quantitative estimate of drug-likeness (QED) is 0.822. The zero-order valence-electron chi connectivity index (χ0n) is 12.0. The van der Waals surface area contributed by atoms with Crippen LogP contribution in [0.5, 0.6) is 0 Å². The van der Waals surface area contributed by atoms with Crippen LogP contribution in [0.1, 0.15) is 44.2 Å². The number of anilines is 1. The molecule has 1 N–H and O–H groups in total. The highest BCUT2D eigenvalue weighted by atomic mass is 32.1. The number of rotatable bonds is 7. The van der Waals surface area contributed by atoms with E-state index in [4.69, 9.17) is 4.98 Å². The predicted octanol–water partition coefficient (Wildman–Crippen LogP) is 3.19. The van der Waals surface area contributed by atoms with Crippen molar-refractivity contribution in [1.82, 2.24) is 10.3 Å². The fourth-order valence-corrected chi connectivity index (χ4v) is 3.28. The molecule has 0 amide bonds. The molecule has 0 aromatic carbocycles. The van der Waals surface area contributed by atoms with Crippen LogP contribution in [0.15, 0.2) is 0 Å². The lowest BCUT2D eigenvalue weighted by molar-refractivity contribution is 0.554. The van der Waals surface area contributed by atoms with Gasteiger partial charge in [0.25, 0.3) is 0 Å². The Morgan fingerprint density at radius 2 is 2.17 bits per heavy atom. The molecule has 1 aliphatic carbocycles. The van der Waals surface area contributed by atoms with Gasteiger partial charge in [-0.15, -0.1) is 11.3 Å². The molecule has 0 spiro atoms. The molecule has 0 bridgehead atoms. The van der Waals surface area contributed by atoms with Crippen molar-refractivity contribution in [3.63, 3.8) is 0 Å². The van der Waals surface area contributed by atoms with Crippen LogP contribution in [0.25, 0.3) is 0 Å². The molecule has 2 rings (SSSR count). The predicted molar refractivity (Wildman–Crippen MR) is 79.4 cm³/mol. The van der Waals surface area contributed by atoms with E-state index in [0.29, 0.717) is 5.92 Å². The SMILES string of the molecule is CCN(c1nc(C)c(CNCC(C)C)s1)C1CC1. The fourth-order valence-electron chi connectivity index (χ4n) is 2.11. The van der Waals surface area contributed by atoms with Gasteiger partial charge in [-0.2, -0.15) is 0 Å². The molecule has 1 saturated carbocycles. The highest BCUT2D eigenvalue weighted by Gasteiger charge is 2.30. The second-order valence-corrected chi connectivity index (χ2v) is 6.61. The molecule has 1 fully saturated rings. The van der Waals surface area contributed by atoms with E-state index in [1.807, 2.05) is 11.3 Å². The summed E-state index contributed by atoms with van der Waals surface area (Å²) in [5, 5.41) is 4.73. The van der Waals surface area contributed by atoms with Crippen LogP contribution in [-0.2, 0) is 6.54 Å². The normalized spacial score (nSPS) is 15.4. The second kappa shape index (κ2) is 6.02. The number of nitrogens with zero attached hydrogens (tertiary/aromatic N) is 2. The van der Waals surface area contributed by atoms with Crippen LogP contribution < -0.4 is 10.2 Å². The van der Waals surface area contributed by atoms with Gasteiger partial charge in [-0.3, -0.25) is 0 Å². The van der Waals surface area contributed by atoms with E-state index in [1.54, 1.807) is 0 Å². The van der Waals surface area contributed by atoms with E-state index < -0.39 is 0 Å². The van der Waals surface area contributed by atoms with Crippen LogP contribution in [0, 0.1) is 12.8 Å². The minimum Gasteiger partial charge on any atom is -0.345 e. The Kier molecular flexibility index (Phi) is 4.62. The Morgan fingerprint density at radius 1 is 1.44 bits per heavy atom. The average molecular weight is 267 g/mol. The van der Waals surface area contributed by atoms with Crippen molar-refractivity contribution in [3.05, 3.63) is 10.6 Å². The Balaban J connectivity index is 1.97. The zero-order chi connectivity index (χ0) is 13.1. The molecule has 1 aliphatic rings. The topological polar surface area (TPSA) is 28.2 Å². The van der Waals surface area contributed by atoms with Crippen LogP contribution in [-0.4, -0.2) is 24.1 Å². The molecule has 102 valence electrons. The van der Waals surface area contributed by atoms with Gasteiger partial charge in [0.2, 0.25) is 0 Å². The Bertz CT molecular complexity index is 382. The second-order valence-electron chi connectivity index (χ2n) is 5.55.